The van der Waals surface area contributed by atoms with Crippen LogP contribution in [0.2, 0.25) is 0 Å². The van der Waals surface area contributed by atoms with E-state index in [2.05, 4.69) is 34.6 Å². The molecule has 0 saturated carbocycles. The molecule has 6 nitrogen and oxygen atoms in total. The zero-order valence-corrected chi connectivity index (χ0v) is 42.5. The van der Waals surface area contributed by atoms with Crippen molar-refractivity contribution in [3.63, 3.8) is 0 Å². The van der Waals surface area contributed by atoms with Crippen LogP contribution < -0.4 is 0 Å². The average molecular weight is 877 g/mol. The lowest BCUT2D eigenvalue weighted by molar-refractivity contribution is -0.167. The molecule has 0 aromatic rings. The SMILES string of the molecule is CCCCCCCCCCCCCCCCCCCC(=O)O[C@H](COC(=O)CCCCCCCCCCCCCC(C)C)COC(=O)CCCCCCCCCCCCC(C)C. The maximum atomic E-state index is 12.8. The highest BCUT2D eigenvalue weighted by atomic mass is 16.6. The van der Waals surface area contributed by atoms with Crippen LogP contribution >= 0.6 is 0 Å². The molecule has 6 heteroatoms. The van der Waals surface area contributed by atoms with Crippen LogP contribution in [0.5, 0.6) is 0 Å². The Labute approximate surface area is 387 Å². The third kappa shape index (κ3) is 49.4. The summed E-state index contributed by atoms with van der Waals surface area (Å²) in [5, 5.41) is 0. The number of hydrogen-bond donors (Lipinski definition) is 0. The molecule has 0 aliphatic carbocycles. The molecule has 0 fully saturated rings. The lowest BCUT2D eigenvalue weighted by Gasteiger charge is -2.18. The summed E-state index contributed by atoms with van der Waals surface area (Å²) >= 11 is 0. The maximum Gasteiger partial charge on any atom is 0.306 e. The smallest absolute Gasteiger partial charge is 0.306 e. The number of carbonyl (C=O) groups excluding carboxylic acids is 3. The van der Waals surface area contributed by atoms with Gasteiger partial charge in [0.2, 0.25) is 0 Å². The average Bonchev–Trinajstić information content (AvgIpc) is 3.24. The molecule has 0 heterocycles. The summed E-state index contributed by atoms with van der Waals surface area (Å²) in [5.41, 5.74) is 0. The number of rotatable bonds is 50. The summed E-state index contributed by atoms with van der Waals surface area (Å²) in [6, 6.07) is 0. The van der Waals surface area contributed by atoms with Crippen molar-refractivity contribution in [2.45, 2.75) is 317 Å². The molecule has 0 spiro atoms. The van der Waals surface area contributed by atoms with Crippen molar-refractivity contribution in [3.05, 3.63) is 0 Å². The standard InChI is InChI=1S/C56H108O6/c1-6-7-8-9-10-11-12-13-14-15-16-17-20-28-33-38-43-48-56(59)62-53(50-61-55(58)47-42-37-32-27-23-22-25-30-35-40-45-52(4)5)49-60-54(57)46-41-36-31-26-21-18-19-24-29-34-39-44-51(2)3/h51-53H,6-50H2,1-5H3/t53-/m1/s1. The molecule has 0 aliphatic rings. The lowest BCUT2D eigenvalue weighted by Crippen LogP contribution is -2.30. The molecule has 0 radical (unpaired) electrons. The van der Waals surface area contributed by atoms with Gasteiger partial charge in [-0.05, 0) is 31.1 Å². The van der Waals surface area contributed by atoms with E-state index >= 15 is 0 Å². The number of esters is 3. The molecule has 62 heavy (non-hydrogen) atoms. The van der Waals surface area contributed by atoms with Crippen LogP contribution in [0, 0.1) is 11.8 Å². The molecule has 0 rings (SSSR count). The first-order valence-electron chi connectivity index (χ1n) is 27.7. The monoisotopic (exact) mass is 877 g/mol. The van der Waals surface area contributed by atoms with Crippen LogP contribution in [-0.4, -0.2) is 37.2 Å². The van der Waals surface area contributed by atoms with Crippen LogP contribution in [0.4, 0.5) is 0 Å². The Morgan fingerprint density at radius 2 is 0.532 bits per heavy atom. The van der Waals surface area contributed by atoms with E-state index in [4.69, 9.17) is 14.2 Å². The maximum absolute atomic E-state index is 12.8. The molecule has 1 atom stereocenters. The molecule has 0 aromatic heterocycles. The number of hydrogen-bond acceptors (Lipinski definition) is 6. The second-order valence-corrected chi connectivity index (χ2v) is 20.2. The highest BCUT2D eigenvalue weighted by molar-refractivity contribution is 5.71. The Balaban J connectivity index is 4.30. The van der Waals surface area contributed by atoms with Crippen molar-refractivity contribution in [2.24, 2.45) is 11.8 Å². The van der Waals surface area contributed by atoms with Crippen molar-refractivity contribution in [1.29, 1.82) is 0 Å². The zero-order valence-electron chi connectivity index (χ0n) is 42.5. The van der Waals surface area contributed by atoms with Crippen molar-refractivity contribution in [1.82, 2.24) is 0 Å². The summed E-state index contributed by atoms with van der Waals surface area (Å²) in [4.78, 5) is 38.1. The van der Waals surface area contributed by atoms with Crippen molar-refractivity contribution in [2.75, 3.05) is 13.2 Å². The fourth-order valence-corrected chi connectivity index (χ4v) is 8.52. The molecule has 0 bridgehead atoms. The van der Waals surface area contributed by atoms with Crippen LogP contribution in [0.25, 0.3) is 0 Å². The van der Waals surface area contributed by atoms with Gasteiger partial charge in [-0.15, -0.1) is 0 Å². The van der Waals surface area contributed by atoms with Crippen molar-refractivity contribution < 1.29 is 28.6 Å². The first kappa shape index (κ1) is 60.4. The topological polar surface area (TPSA) is 78.9 Å². The van der Waals surface area contributed by atoms with Gasteiger partial charge in [0.25, 0.3) is 0 Å². The third-order valence-corrected chi connectivity index (χ3v) is 12.7. The summed E-state index contributed by atoms with van der Waals surface area (Å²) in [6.45, 7) is 11.4. The molecule has 368 valence electrons. The quantitative estimate of drug-likeness (QED) is 0.0344. The minimum atomic E-state index is -0.762. The van der Waals surface area contributed by atoms with Gasteiger partial charge < -0.3 is 14.2 Å². The number of ether oxygens (including phenoxy) is 3. The normalized spacial score (nSPS) is 12.0. The van der Waals surface area contributed by atoms with Gasteiger partial charge in [0, 0.05) is 19.3 Å². The van der Waals surface area contributed by atoms with E-state index in [0.29, 0.717) is 19.3 Å². The summed E-state index contributed by atoms with van der Waals surface area (Å²) < 4.78 is 16.9. The highest BCUT2D eigenvalue weighted by Crippen LogP contribution is 2.18. The van der Waals surface area contributed by atoms with Crippen LogP contribution in [0.15, 0.2) is 0 Å². The Hall–Kier alpha value is -1.59. The van der Waals surface area contributed by atoms with E-state index < -0.39 is 6.10 Å². The van der Waals surface area contributed by atoms with Crippen LogP contribution in [0.3, 0.4) is 0 Å². The van der Waals surface area contributed by atoms with Crippen LogP contribution in [-0.2, 0) is 28.6 Å². The second kappa shape index (κ2) is 48.9. The fraction of sp³-hybridized carbons (Fsp3) is 0.946. The number of unbranched alkanes of at least 4 members (excludes halogenated alkanes) is 35. The largest absolute Gasteiger partial charge is 0.462 e. The Morgan fingerprint density at radius 1 is 0.306 bits per heavy atom. The summed E-state index contributed by atoms with van der Waals surface area (Å²) in [6.07, 6.45) is 50.9. The molecule has 0 aromatic carbocycles. The fourth-order valence-electron chi connectivity index (χ4n) is 8.52. The van der Waals surface area contributed by atoms with Gasteiger partial charge in [-0.25, -0.2) is 0 Å². The third-order valence-electron chi connectivity index (χ3n) is 12.7. The van der Waals surface area contributed by atoms with E-state index in [1.807, 2.05) is 0 Å². The zero-order chi connectivity index (χ0) is 45.4. The van der Waals surface area contributed by atoms with Gasteiger partial charge in [-0.2, -0.15) is 0 Å². The molecular formula is C56H108O6. The first-order valence-corrected chi connectivity index (χ1v) is 27.7. The van der Waals surface area contributed by atoms with Gasteiger partial charge in [0.15, 0.2) is 6.10 Å². The molecule has 0 amide bonds. The Kier molecular flexibility index (Phi) is 47.6. The van der Waals surface area contributed by atoms with Crippen molar-refractivity contribution in [3.8, 4) is 0 Å². The van der Waals surface area contributed by atoms with Gasteiger partial charge in [-0.1, -0.05) is 272 Å². The van der Waals surface area contributed by atoms with E-state index in [1.165, 1.54) is 199 Å². The Morgan fingerprint density at radius 3 is 0.790 bits per heavy atom. The minimum Gasteiger partial charge on any atom is -0.462 e. The minimum absolute atomic E-state index is 0.0634. The van der Waals surface area contributed by atoms with E-state index in [-0.39, 0.29) is 31.1 Å². The highest BCUT2D eigenvalue weighted by Gasteiger charge is 2.19. The van der Waals surface area contributed by atoms with Gasteiger partial charge in [0.05, 0.1) is 0 Å². The molecule has 0 aliphatic heterocycles. The molecular weight excluding hydrogens is 769 g/mol. The lowest BCUT2D eigenvalue weighted by atomic mass is 10.0. The van der Waals surface area contributed by atoms with Gasteiger partial charge >= 0.3 is 17.9 Å². The first-order chi connectivity index (χ1) is 30.2. The molecule has 0 unspecified atom stereocenters. The second-order valence-electron chi connectivity index (χ2n) is 20.2. The van der Waals surface area contributed by atoms with E-state index in [9.17, 15) is 14.4 Å². The van der Waals surface area contributed by atoms with Crippen LogP contribution in [0.1, 0.15) is 311 Å². The van der Waals surface area contributed by atoms with E-state index in [0.717, 1.165) is 69.6 Å². The van der Waals surface area contributed by atoms with Gasteiger partial charge in [-0.3, -0.25) is 14.4 Å². The van der Waals surface area contributed by atoms with Crippen molar-refractivity contribution >= 4 is 17.9 Å². The Bertz CT molecular complexity index is 947. The summed E-state index contributed by atoms with van der Waals surface area (Å²) in [7, 11) is 0. The van der Waals surface area contributed by atoms with E-state index in [1.54, 1.807) is 0 Å². The molecule has 0 N–H and O–H groups in total. The van der Waals surface area contributed by atoms with Gasteiger partial charge in [0.1, 0.15) is 13.2 Å². The number of carbonyl (C=O) groups is 3. The predicted molar refractivity (Wildman–Crippen MR) is 266 cm³/mol. The molecule has 0 saturated heterocycles. The summed E-state index contributed by atoms with van der Waals surface area (Å²) in [5.74, 6) is 0.802. The predicted octanol–water partition coefficient (Wildman–Crippen LogP) is 18.1.